The maximum absolute atomic E-state index is 9.15. The number of aliphatic hydroxyl groups is 1. The number of hydrogen-bond donors (Lipinski definition) is 1. The zero-order valence-corrected chi connectivity index (χ0v) is 12.2. The standard InChI is InChI=1S/C17H29NO/c1-2-4-18(6-7-19)5-3-17-11-14-8-15(12-17)10-16(9-14)13-17/h2,14-16,19H,1,3-13H2. The van der Waals surface area contributed by atoms with Crippen LogP contribution >= 0.6 is 0 Å². The molecule has 108 valence electrons. The molecule has 0 saturated heterocycles. The van der Waals surface area contributed by atoms with Crippen molar-refractivity contribution in [3.8, 4) is 0 Å². The summed E-state index contributed by atoms with van der Waals surface area (Å²) in [5.41, 5.74) is 0.670. The molecule has 19 heavy (non-hydrogen) atoms. The summed E-state index contributed by atoms with van der Waals surface area (Å²) < 4.78 is 0. The number of rotatable bonds is 7. The lowest BCUT2D eigenvalue weighted by atomic mass is 9.49. The van der Waals surface area contributed by atoms with Crippen LogP contribution in [0.5, 0.6) is 0 Å². The molecule has 0 heterocycles. The van der Waals surface area contributed by atoms with Gasteiger partial charge in [-0.25, -0.2) is 0 Å². The lowest BCUT2D eigenvalue weighted by molar-refractivity contribution is -0.0609. The first-order valence-corrected chi connectivity index (χ1v) is 8.17. The van der Waals surface area contributed by atoms with E-state index in [4.69, 9.17) is 5.11 Å². The van der Waals surface area contributed by atoms with Gasteiger partial charge in [-0.3, -0.25) is 4.90 Å². The Hall–Kier alpha value is -0.340. The van der Waals surface area contributed by atoms with Crippen LogP contribution in [0.3, 0.4) is 0 Å². The minimum atomic E-state index is 0.273. The van der Waals surface area contributed by atoms with Crippen LogP contribution in [0.25, 0.3) is 0 Å². The van der Waals surface area contributed by atoms with Crippen molar-refractivity contribution in [2.45, 2.75) is 44.9 Å². The van der Waals surface area contributed by atoms with Crippen LogP contribution in [0.15, 0.2) is 12.7 Å². The molecule has 4 fully saturated rings. The highest BCUT2D eigenvalue weighted by Gasteiger charge is 2.50. The fourth-order valence-corrected chi connectivity index (χ4v) is 5.61. The van der Waals surface area contributed by atoms with Gasteiger partial charge in [0.2, 0.25) is 0 Å². The van der Waals surface area contributed by atoms with Crippen molar-refractivity contribution in [2.75, 3.05) is 26.2 Å². The van der Waals surface area contributed by atoms with Crippen molar-refractivity contribution in [1.82, 2.24) is 4.90 Å². The van der Waals surface area contributed by atoms with E-state index in [1.165, 1.54) is 44.9 Å². The molecule has 4 aliphatic carbocycles. The fraction of sp³-hybridized carbons (Fsp3) is 0.882. The van der Waals surface area contributed by atoms with Crippen LogP contribution < -0.4 is 0 Å². The predicted octanol–water partition coefficient (Wildman–Crippen LogP) is 3.07. The van der Waals surface area contributed by atoms with Gasteiger partial charge >= 0.3 is 0 Å². The molecular weight excluding hydrogens is 234 g/mol. The molecule has 0 atom stereocenters. The maximum Gasteiger partial charge on any atom is 0.0558 e. The average molecular weight is 263 g/mol. The summed E-state index contributed by atoms with van der Waals surface area (Å²) in [6, 6.07) is 0. The second kappa shape index (κ2) is 5.57. The largest absolute Gasteiger partial charge is 0.395 e. The highest BCUT2D eigenvalue weighted by atomic mass is 16.3. The first-order chi connectivity index (χ1) is 9.23. The minimum absolute atomic E-state index is 0.273. The third-order valence-electron chi connectivity index (χ3n) is 5.93. The Morgan fingerprint density at radius 3 is 2.11 bits per heavy atom. The molecule has 0 unspecified atom stereocenters. The second-order valence-corrected chi connectivity index (χ2v) is 7.48. The molecule has 4 aliphatic rings. The Balaban J connectivity index is 1.58. The quantitative estimate of drug-likeness (QED) is 0.714. The Morgan fingerprint density at radius 2 is 1.63 bits per heavy atom. The van der Waals surface area contributed by atoms with Gasteiger partial charge in [0.05, 0.1) is 6.61 Å². The Bertz CT molecular complexity index is 290. The fourth-order valence-electron chi connectivity index (χ4n) is 5.61. The molecule has 2 heteroatoms. The normalized spacial score (nSPS) is 40.0. The van der Waals surface area contributed by atoms with Gasteiger partial charge in [0.15, 0.2) is 0 Å². The predicted molar refractivity (Wildman–Crippen MR) is 78.9 cm³/mol. The molecule has 4 rings (SSSR count). The van der Waals surface area contributed by atoms with Crippen molar-refractivity contribution >= 4 is 0 Å². The first-order valence-electron chi connectivity index (χ1n) is 8.17. The van der Waals surface area contributed by atoms with Crippen LogP contribution in [0.2, 0.25) is 0 Å². The Morgan fingerprint density at radius 1 is 1.05 bits per heavy atom. The lowest BCUT2D eigenvalue weighted by Crippen LogP contribution is -2.47. The zero-order valence-electron chi connectivity index (χ0n) is 12.2. The van der Waals surface area contributed by atoms with Gasteiger partial charge in [0.1, 0.15) is 0 Å². The summed E-state index contributed by atoms with van der Waals surface area (Å²) in [6.07, 6.45) is 12.4. The molecule has 4 saturated carbocycles. The molecule has 1 N–H and O–H groups in total. The summed E-state index contributed by atoms with van der Waals surface area (Å²) in [6.45, 7) is 6.99. The lowest BCUT2D eigenvalue weighted by Gasteiger charge is -2.57. The molecule has 0 radical (unpaired) electrons. The van der Waals surface area contributed by atoms with Gasteiger partial charge in [0.25, 0.3) is 0 Å². The topological polar surface area (TPSA) is 23.5 Å². The number of aliphatic hydroxyl groups excluding tert-OH is 1. The SMILES string of the molecule is C=CCN(CCO)CCC12CC3CC(CC(C3)C1)C2. The van der Waals surface area contributed by atoms with E-state index in [1.54, 1.807) is 0 Å². The van der Waals surface area contributed by atoms with E-state index in [0.29, 0.717) is 5.41 Å². The van der Waals surface area contributed by atoms with Crippen molar-refractivity contribution in [2.24, 2.45) is 23.2 Å². The van der Waals surface area contributed by atoms with Crippen LogP contribution in [-0.2, 0) is 0 Å². The van der Waals surface area contributed by atoms with Gasteiger partial charge in [-0.1, -0.05) is 6.08 Å². The molecule has 0 spiro atoms. The molecule has 0 amide bonds. The highest BCUT2D eigenvalue weighted by Crippen LogP contribution is 2.61. The van der Waals surface area contributed by atoms with Gasteiger partial charge in [-0.15, -0.1) is 6.58 Å². The van der Waals surface area contributed by atoms with E-state index in [1.807, 2.05) is 6.08 Å². The second-order valence-electron chi connectivity index (χ2n) is 7.48. The summed E-state index contributed by atoms with van der Waals surface area (Å²) in [5.74, 6) is 3.16. The van der Waals surface area contributed by atoms with Crippen molar-refractivity contribution in [1.29, 1.82) is 0 Å². The zero-order chi connectivity index (χ0) is 13.3. The Kier molecular flexibility index (Phi) is 4.00. The van der Waals surface area contributed by atoms with Gasteiger partial charge < -0.3 is 5.11 Å². The summed E-state index contributed by atoms with van der Waals surface area (Å²) in [5, 5.41) is 9.15. The van der Waals surface area contributed by atoms with E-state index in [2.05, 4.69) is 11.5 Å². The molecule has 0 aromatic rings. The Labute approximate surface area is 117 Å². The van der Waals surface area contributed by atoms with Crippen molar-refractivity contribution in [3.05, 3.63) is 12.7 Å². The average Bonchev–Trinajstić information content (AvgIpc) is 2.35. The third kappa shape index (κ3) is 2.90. The van der Waals surface area contributed by atoms with Crippen molar-refractivity contribution < 1.29 is 5.11 Å². The smallest absolute Gasteiger partial charge is 0.0558 e. The number of hydrogen-bond acceptors (Lipinski definition) is 2. The van der Waals surface area contributed by atoms with E-state index < -0.39 is 0 Å². The third-order valence-corrected chi connectivity index (χ3v) is 5.93. The monoisotopic (exact) mass is 263 g/mol. The van der Waals surface area contributed by atoms with Crippen LogP contribution in [0, 0.1) is 23.2 Å². The van der Waals surface area contributed by atoms with E-state index in [0.717, 1.165) is 37.4 Å². The number of nitrogens with zero attached hydrogens (tertiary/aromatic N) is 1. The molecular formula is C17H29NO. The highest BCUT2D eigenvalue weighted by molar-refractivity contribution is 5.01. The molecule has 0 aliphatic heterocycles. The van der Waals surface area contributed by atoms with Crippen LogP contribution in [0.1, 0.15) is 44.9 Å². The molecule has 0 aromatic carbocycles. The molecule has 0 aromatic heterocycles. The van der Waals surface area contributed by atoms with Gasteiger partial charge in [-0.2, -0.15) is 0 Å². The van der Waals surface area contributed by atoms with E-state index >= 15 is 0 Å². The van der Waals surface area contributed by atoms with Gasteiger partial charge in [0, 0.05) is 13.1 Å². The molecule has 4 bridgehead atoms. The van der Waals surface area contributed by atoms with Crippen LogP contribution in [-0.4, -0.2) is 36.2 Å². The van der Waals surface area contributed by atoms with E-state index in [9.17, 15) is 0 Å². The van der Waals surface area contributed by atoms with Gasteiger partial charge in [-0.05, 0) is 74.7 Å². The molecule has 2 nitrogen and oxygen atoms in total. The van der Waals surface area contributed by atoms with E-state index in [-0.39, 0.29) is 6.61 Å². The minimum Gasteiger partial charge on any atom is -0.395 e. The summed E-state index contributed by atoms with van der Waals surface area (Å²) in [4.78, 5) is 2.37. The first kappa shape index (κ1) is 13.6. The summed E-state index contributed by atoms with van der Waals surface area (Å²) in [7, 11) is 0. The maximum atomic E-state index is 9.15. The van der Waals surface area contributed by atoms with Crippen molar-refractivity contribution in [3.63, 3.8) is 0 Å². The summed E-state index contributed by atoms with van der Waals surface area (Å²) >= 11 is 0. The van der Waals surface area contributed by atoms with Crippen LogP contribution in [0.4, 0.5) is 0 Å².